The number of carbonyl (C=O) groups is 1. The number of carbonyl (C=O) groups excluding carboxylic acids is 1. The summed E-state index contributed by atoms with van der Waals surface area (Å²) in [5.74, 6) is 0.00531. The number of hydrogen-bond donors (Lipinski definition) is 1. The molecule has 0 radical (unpaired) electrons. The highest BCUT2D eigenvalue weighted by Gasteiger charge is 2.45. The van der Waals surface area contributed by atoms with Crippen molar-refractivity contribution in [3.8, 4) is 5.75 Å². The van der Waals surface area contributed by atoms with Gasteiger partial charge in [0.25, 0.3) is 0 Å². The van der Waals surface area contributed by atoms with Crippen LogP contribution < -0.4 is 0 Å². The van der Waals surface area contributed by atoms with E-state index in [0.717, 1.165) is 12.8 Å². The Kier molecular flexibility index (Phi) is 5.43. The van der Waals surface area contributed by atoms with Crippen molar-refractivity contribution in [2.75, 3.05) is 6.61 Å². The van der Waals surface area contributed by atoms with Crippen LogP contribution in [0.15, 0.2) is 48.5 Å². The van der Waals surface area contributed by atoms with Crippen molar-refractivity contribution < 1.29 is 14.6 Å². The summed E-state index contributed by atoms with van der Waals surface area (Å²) in [5, 5.41) is 9.41. The number of phenols is 1. The molecular weight excluding hydrogens is 288 g/mol. The van der Waals surface area contributed by atoms with Gasteiger partial charge in [-0.2, -0.15) is 0 Å². The smallest absolute Gasteiger partial charge is 0.338 e. The number of benzene rings is 2. The van der Waals surface area contributed by atoms with Gasteiger partial charge in [0.15, 0.2) is 0 Å². The van der Waals surface area contributed by atoms with Crippen molar-refractivity contribution >= 4 is 5.97 Å². The van der Waals surface area contributed by atoms with E-state index in [9.17, 15) is 9.90 Å². The Morgan fingerprint density at radius 3 is 1.91 bits per heavy atom. The first-order valence-electron chi connectivity index (χ1n) is 8.23. The lowest BCUT2D eigenvalue weighted by Gasteiger charge is -2.17. The molecule has 0 spiro atoms. The molecule has 1 saturated carbocycles. The Balaban J connectivity index is 0.000000924. The van der Waals surface area contributed by atoms with Crippen molar-refractivity contribution in [3.05, 3.63) is 65.2 Å². The number of rotatable bonds is 4. The van der Waals surface area contributed by atoms with Gasteiger partial charge in [-0.15, -0.1) is 0 Å². The maximum absolute atomic E-state index is 11.7. The Bertz CT molecular complexity index is 638. The molecule has 0 amide bonds. The number of phenolic OH excluding ortho intramolecular Hbond substituents is 1. The quantitative estimate of drug-likeness (QED) is 0.834. The first-order chi connectivity index (χ1) is 11.2. The van der Waals surface area contributed by atoms with Gasteiger partial charge in [0.2, 0.25) is 0 Å². The molecule has 0 aromatic heterocycles. The van der Waals surface area contributed by atoms with Crippen LogP contribution >= 0.6 is 0 Å². The average Bonchev–Trinajstić information content (AvgIpc) is 3.39. The molecule has 0 bridgehead atoms. The third-order valence-corrected chi connectivity index (χ3v) is 4.12. The number of aromatic hydroxyl groups is 1. The van der Waals surface area contributed by atoms with Gasteiger partial charge in [0, 0.05) is 5.41 Å². The van der Waals surface area contributed by atoms with Crippen molar-refractivity contribution in [2.45, 2.75) is 39.0 Å². The van der Waals surface area contributed by atoms with Gasteiger partial charge < -0.3 is 9.84 Å². The fourth-order valence-electron chi connectivity index (χ4n) is 2.79. The first kappa shape index (κ1) is 17.1. The van der Waals surface area contributed by atoms with Crippen LogP contribution in [0.5, 0.6) is 5.75 Å². The van der Waals surface area contributed by atoms with Crippen LogP contribution in [0.3, 0.4) is 0 Å². The number of hydrogen-bond acceptors (Lipinski definition) is 3. The molecule has 0 aliphatic heterocycles. The van der Waals surface area contributed by atoms with Gasteiger partial charge in [-0.1, -0.05) is 38.1 Å². The third-order valence-electron chi connectivity index (χ3n) is 4.12. The molecule has 1 aliphatic carbocycles. The number of esters is 1. The zero-order chi connectivity index (χ0) is 16.9. The summed E-state index contributed by atoms with van der Waals surface area (Å²) in [6.07, 6.45) is 2.19. The zero-order valence-electron chi connectivity index (χ0n) is 14.0. The second-order valence-corrected chi connectivity index (χ2v) is 5.43. The van der Waals surface area contributed by atoms with Crippen LogP contribution in [0, 0.1) is 0 Å². The molecule has 122 valence electrons. The predicted octanol–water partition coefficient (Wildman–Crippen LogP) is 4.68. The van der Waals surface area contributed by atoms with Gasteiger partial charge >= 0.3 is 5.97 Å². The van der Waals surface area contributed by atoms with E-state index >= 15 is 0 Å². The molecule has 3 nitrogen and oxygen atoms in total. The Labute approximate surface area is 137 Å². The van der Waals surface area contributed by atoms with Crippen LogP contribution in [0.1, 0.15) is 55.1 Å². The Hall–Kier alpha value is -2.29. The normalized spacial score (nSPS) is 14.4. The van der Waals surface area contributed by atoms with Crippen molar-refractivity contribution in [1.82, 2.24) is 0 Å². The van der Waals surface area contributed by atoms with Crippen LogP contribution in [-0.4, -0.2) is 17.7 Å². The van der Waals surface area contributed by atoms with E-state index in [1.54, 1.807) is 19.1 Å². The summed E-state index contributed by atoms with van der Waals surface area (Å²) >= 11 is 0. The van der Waals surface area contributed by atoms with Gasteiger partial charge in [0.05, 0.1) is 12.2 Å². The lowest BCUT2D eigenvalue weighted by Crippen LogP contribution is -2.10. The van der Waals surface area contributed by atoms with E-state index in [1.807, 2.05) is 50.2 Å². The molecule has 0 unspecified atom stereocenters. The minimum absolute atomic E-state index is 0.0426. The molecule has 0 heterocycles. The van der Waals surface area contributed by atoms with Crippen LogP contribution in [-0.2, 0) is 10.2 Å². The second-order valence-electron chi connectivity index (χ2n) is 5.43. The lowest BCUT2D eigenvalue weighted by molar-refractivity contribution is 0.0526. The second kappa shape index (κ2) is 7.32. The summed E-state index contributed by atoms with van der Waals surface area (Å²) in [4.78, 5) is 11.7. The molecule has 1 N–H and O–H groups in total. The van der Waals surface area contributed by atoms with Crippen LogP contribution in [0.2, 0.25) is 0 Å². The zero-order valence-corrected chi connectivity index (χ0v) is 14.0. The van der Waals surface area contributed by atoms with Crippen molar-refractivity contribution in [2.24, 2.45) is 0 Å². The largest absolute Gasteiger partial charge is 0.508 e. The van der Waals surface area contributed by atoms with E-state index < -0.39 is 0 Å². The molecule has 2 aromatic carbocycles. The SMILES string of the molecule is CC.CCOC(=O)c1ccc(C2(c3ccc(O)cc3)CC2)cc1. The predicted molar refractivity (Wildman–Crippen MR) is 91.9 cm³/mol. The van der Waals surface area contributed by atoms with E-state index in [2.05, 4.69) is 0 Å². The Morgan fingerprint density at radius 2 is 1.48 bits per heavy atom. The third kappa shape index (κ3) is 3.55. The van der Waals surface area contributed by atoms with Crippen molar-refractivity contribution in [3.63, 3.8) is 0 Å². The van der Waals surface area contributed by atoms with Crippen LogP contribution in [0.4, 0.5) is 0 Å². The molecule has 3 rings (SSSR count). The van der Waals surface area contributed by atoms with Gasteiger partial charge in [-0.05, 0) is 55.2 Å². The molecule has 0 saturated heterocycles. The monoisotopic (exact) mass is 312 g/mol. The van der Waals surface area contributed by atoms with E-state index in [0.29, 0.717) is 12.2 Å². The topological polar surface area (TPSA) is 46.5 Å². The molecule has 1 fully saturated rings. The highest BCUT2D eigenvalue weighted by Crippen LogP contribution is 2.53. The molecular formula is C20H24O3. The van der Waals surface area contributed by atoms with Gasteiger partial charge in [-0.25, -0.2) is 4.79 Å². The fourth-order valence-corrected chi connectivity index (χ4v) is 2.79. The number of ether oxygens (including phenoxy) is 1. The van der Waals surface area contributed by atoms with E-state index in [4.69, 9.17) is 4.74 Å². The van der Waals surface area contributed by atoms with Gasteiger partial charge in [-0.3, -0.25) is 0 Å². The van der Waals surface area contributed by atoms with Crippen LogP contribution in [0.25, 0.3) is 0 Å². The maximum Gasteiger partial charge on any atom is 0.338 e. The minimum Gasteiger partial charge on any atom is -0.508 e. The maximum atomic E-state index is 11.7. The highest BCUT2D eigenvalue weighted by atomic mass is 16.5. The summed E-state index contributed by atoms with van der Waals surface area (Å²) in [7, 11) is 0. The average molecular weight is 312 g/mol. The summed E-state index contributed by atoms with van der Waals surface area (Å²) < 4.78 is 5.00. The summed E-state index contributed by atoms with van der Waals surface area (Å²) in [5.41, 5.74) is 3.05. The minimum atomic E-state index is -0.279. The summed E-state index contributed by atoms with van der Waals surface area (Å²) in [6.45, 7) is 6.19. The standard InChI is InChI=1S/C18H18O3.C2H6/c1-2-21-17(20)13-3-5-14(6-4-13)18(11-12-18)15-7-9-16(19)10-8-15;1-2/h3-10,19H,2,11-12H2,1H3;1-2H3. The molecule has 3 heteroatoms. The lowest BCUT2D eigenvalue weighted by atomic mass is 9.87. The summed E-state index contributed by atoms with van der Waals surface area (Å²) in [6, 6.07) is 15.1. The highest BCUT2D eigenvalue weighted by molar-refractivity contribution is 5.89. The molecule has 2 aromatic rings. The first-order valence-corrected chi connectivity index (χ1v) is 8.23. The molecule has 23 heavy (non-hydrogen) atoms. The Morgan fingerprint density at radius 1 is 1.00 bits per heavy atom. The van der Waals surface area contributed by atoms with E-state index in [1.165, 1.54) is 11.1 Å². The van der Waals surface area contributed by atoms with E-state index in [-0.39, 0.29) is 17.1 Å². The molecule has 1 aliphatic rings. The fraction of sp³-hybridized carbons (Fsp3) is 0.350. The van der Waals surface area contributed by atoms with Crippen molar-refractivity contribution in [1.29, 1.82) is 0 Å². The van der Waals surface area contributed by atoms with Gasteiger partial charge in [0.1, 0.15) is 5.75 Å². The molecule has 0 atom stereocenters.